The third-order valence-electron chi connectivity index (χ3n) is 5.68. The van der Waals surface area contributed by atoms with Crippen LogP contribution in [0.25, 0.3) is 0 Å². The Labute approximate surface area is 190 Å². The van der Waals surface area contributed by atoms with E-state index in [1.807, 2.05) is 6.07 Å². The van der Waals surface area contributed by atoms with Gasteiger partial charge in [0.1, 0.15) is 0 Å². The molecule has 1 amide bonds. The molecule has 1 heterocycles. The summed E-state index contributed by atoms with van der Waals surface area (Å²) in [6.07, 6.45) is 1.80. The van der Waals surface area contributed by atoms with E-state index in [1.54, 1.807) is 0 Å². The van der Waals surface area contributed by atoms with E-state index in [9.17, 15) is 13.2 Å². The van der Waals surface area contributed by atoms with Gasteiger partial charge in [0.15, 0.2) is 11.5 Å². The number of nitrogens with one attached hydrogen (secondary N) is 1. The van der Waals surface area contributed by atoms with Crippen LogP contribution in [-0.4, -0.2) is 65.6 Å². The van der Waals surface area contributed by atoms with Gasteiger partial charge in [-0.25, -0.2) is 8.42 Å². The Morgan fingerprint density at radius 3 is 2.59 bits per heavy atom. The number of amides is 1. The quantitative estimate of drug-likeness (QED) is 0.546. The van der Waals surface area contributed by atoms with Gasteiger partial charge >= 0.3 is 0 Å². The highest BCUT2D eigenvalue weighted by Crippen LogP contribution is 2.32. The highest BCUT2D eigenvalue weighted by Gasteiger charge is 2.26. The molecule has 0 spiro atoms. The summed E-state index contributed by atoms with van der Waals surface area (Å²) in [4.78, 5) is 14.7. The Kier molecular flexibility index (Phi) is 7.63. The molecule has 0 unspecified atom stereocenters. The topological polar surface area (TPSA) is 88.2 Å². The van der Waals surface area contributed by atoms with Crippen molar-refractivity contribution in [3.05, 3.63) is 48.0 Å². The van der Waals surface area contributed by atoms with E-state index in [0.717, 1.165) is 23.7 Å². The fraction of sp³-hybridized carbons (Fsp3) is 0.435. The number of para-hydroxylation sites is 1. The molecule has 3 rings (SSSR count). The molecule has 0 aromatic heterocycles. The molecule has 2 aromatic carbocycles. The van der Waals surface area contributed by atoms with Crippen LogP contribution in [-0.2, 0) is 21.2 Å². The van der Waals surface area contributed by atoms with Gasteiger partial charge in [0.05, 0.1) is 25.7 Å². The minimum Gasteiger partial charge on any atom is -0.493 e. The lowest BCUT2D eigenvalue weighted by Crippen LogP contribution is -2.39. The zero-order chi connectivity index (χ0) is 23.3. The molecule has 1 atom stereocenters. The van der Waals surface area contributed by atoms with Crippen LogP contribution < -0.4 is 19.7 Å². The van der Waals surface area contributed by atoms with Gasteiger partial charge in [-0.15, -0.1) is 0 Å². The lowest BCUT2D eigenvalue weighted by atomic mass is 10.1. The minimum atomic E-state index is -3.85. The fourth-order valence-corrected chi connectivity index (χ4v) is 5.09. The number of carbonyl (C=O) groups excluding carboxylic acids is 1. The van der Waals surface area contributed by atoms with Crippen LogP contribution >= 0.6 is 0 Å². The molecule has 174 valence electrons. The maximum Gasteiger partial charge on any atom is 0.243 e. The van der Waals surface area contributed by atoms with Gasteiger partial charge in [-0.05, 0) is 43.5 Å². The third kappa shape index (κ3) is 5.16. The number of ether oxygens (including phenoxy) is 2. The highest BCUT2D eigenvalue weighted by molar-refractivity contribution is 7.89. The van der Waals surface area contributed by atoms with Gasteiger partial charge in [-0.3, -0.25) is 4.79 Å². The first-order valence-electron chi connectivity index (χ1n) is 10.6. The Morgan fingerprint density at radius 2 is 1.88 bits per heavy atom. The van der Waals surface area contributed by atoms with E-state index in [-0.39, 0.29) is 17.3 Å². The van der Waals surface area contributed by atoms with Crippen molar-refractivity contribution < 1.29 is 22.7 Å². The van der Waals surface area contributed by atoms with Crippen molar-refractivity contribution in [2.45, 2.75) is 30.7 Å². The summed E-state index contributed by atoms with van der Waals surface area (Å²) in [6.45, 7) is 3.25. The van der Waals surface area contributed by atoms with Crippen molar-refractivity contribution in [2.24, 2.45) is 0 Å². The third-order valence-corrected chi connectivity index (χ3v) is 7.48. The van der Waals surface area contributed by atoms with Gasteiger partial charge in [0.2, 0.25) is 15.9 Å². The number of likely N-dealkylation sites (N-methyl/N-ethyl adjacent to an activating group) is 1. The van der Waals surface area contributed by atoms with Crippen LogP contribution in [0.1, 0.15) is 18.9 Å². The number of nitrogens with zero attached hydrogens (tertiary/aromatic N) is 2. The number of hydrogen-bond acceptors (Lipinski definition) is 6. The lowest BCUT2D eigenvalue weighted by molar-refractivity contribution is -0.121. The minimum absolute atomic E-state index is 0.0344. The first kappa shape index (κ1) is 23.9. The summed E-state index contributed by atoms with van der Waals surface area (Å²) >= 11 is 0. The molecule has 0 bridgehead atoms. The predicted octanol–water partition coefficient (Wildman–Crippen LogP) is 2.28. The highest BCUT2D eigenvalue weighted by atomic mass is 32.2. The Hall–Kier alpha value is -2.78. The average molecular weight is 462 g/mol. The zero-order valence-electron chi connectivity index (χ0n) is 19.0. The number of fused-ring (bicyclic) bond motifs is 1. The Morgan fingerprint density at radius 1 is 1.16 bits per heavy atom. The molecule has 0 saturated heterocycles. The molecule has 2 aromatic rings. The normalized spacial score (nSPS) is 15.5. The van der Waals surface area contributed by atoms with Crippen LogP contribution in [0.15, 0.2) is 47.4 Å². The van der Waals surface area contributed by atoms with E-state index in [4.69, 9.17) is 9.47 Å². The molecule has 32 heavy (non-hydrogen) atoms. The molecule has 0 aliphatic carbocycles. The molecule has 1 aliphatic rings. The molecule has 0 radical (unpaired) electrons. The maximum atomic E-state index is 12.8. The molecular weight excluding hydrogens is 430 g/mol. The first-order chi connectivity index (χ1) is 15.3. The fourth-order valence-electron chi connectivity index (χ4n) is 3.95. The molecule has 1 aliphatic heterocycles. The van der Waals surface area contributed by atoms with Crippen molar-refractivity contribution in [1.29, 1.82) is 0 Å². The maximum absolute atomic E-state index is 12.8. The number of benzene rings is 2. The van der Waals surface area contributed by atoms with Crippen LogP contribution in [0.2, 0.25) is 0 Å². The van der Waals surface area contributed by atoms with Crippen molar-refractivity contribution in [3.8, 4) is 11.5 Å². The number of carbonyl (C=O) groups is 1. The second-order valence-corrected chi connectivity index (χ2v) is 9.90. The summed E-state index contributed by atoms with van der Waals surface area (Å²) in [6, 6.07) is 13.2. The summed E-state index contributed by atoms with van der Waals surface area (Å²) in [5.41, 5.74) is 2.61. The molecule has 0 saturated carbocycles. The number of rotatable bonds is 10. The number of hydrogen-bond donors (Lipinski definition) is 1. The standard InChI is InChI=1S/C23H31N3O5S/c1-17-14-18-8-5-6-9-20(18)26(17)13-7-12-24-23(27)16-25(2)32(28,29)19-10-11-21(30-3)22(15-19)31-4/h5-6,8-11,15,17H,7,12-14,16H2,1-4H3,(H,24,27)/t17-/m1/s1. The van der Waals surface area contributed by atoms with E-state index in [0.29, 0.717) is 24.1 Å². The van der Waals surface area contributed by atoms with Crippen LogP contribution in [0, 0.1) is 0 Å². The largest absolute Gasteiger partial charge is 0.493 e. The summed E-state index contributed by atoms with van der Waals surface area (Å²) in [5.74, 6) is 0.400. The molecular formula is C23H31N3O5S. The Balaban J connectivity index is 1.50. The monoisotopic (exact) mass is 461 g/mol. The van der Waals surface area contributed by atoms with Gasteiger partial charge in [0.25, 0.3) is 0 Å². The lowest BCUT2D eigenvalue weighted by Gasteiger charge is -2.25. The van der Waals surface area contributed by atoms with Gasteiger partial charge in [-0.1, -0.05) is 18.2 Å². The Bertz CT molecular complexity index is 1060. The second-order valence-electron chi connectivity index (χ2n) is 7.86. The number of anilines is 1. The van der Waals surface area contributed by atoms with Gasteiger partial charge in [0, 0.05) is 37.9 Å². The molecule has 0 fully saturated rings. The van der Waals surface area contributed by atoms with Crippen LogP contribution in [0.4, 0.5) is 5.69 Å². The van der Waals surface area contributed by atoms with Crippen molar-refractivity contribution in [2.75, 3.05) is 45.8 Å². The van der Waals surface area contributed by atoms with Crippen LogP contribution in [0.3, 0.4) is 0 Å². The van der Waals surface area contributed by atoms with Crippen molar-refractivity contribution in [1.82, 2.24) is 9.62 Å². The summed E-state index contributed by atoms with van der Waals surface area (Å²) in [5, 5.41) is 2.82. The SMILES string of the molecule is COc1ccc(S(=O)(=O)N(C)CC(=O)NCCCN2c3ccccc3C[C@H]2C)cc1OC. The van der Waals surface area contributed by atoms with Crippen molar-refractivity contribution in [3.63, 3.8) is 0 Å². The summed E-state index contributed by atoms with van der Waals surface area (Å²) in [7, 11) is 0.451. The number of methoxy groups -OCH3 is 2. The van der Waals surface area contributed by atoms with E-state index >= 15 is 0 Å². The van der Waals surface area contributed by atoms with Crippen LogP contribution in [0.5, 0.6) is 11.5 Å². The number of sulfonamides is 1. The summed E-state index contributed by atoms with van der Waals surface area (Å²) < 4.78 is 37.0. The average Bonchev–Trinajstić information content (AvgIpc) is 3.10. The van der Waals surface area contributed by atoms with E-state index in [2.05, 4.69) is 35.3 Å². The second kappa shape index (κ2) is 10.2. The molecule has 1 N–H and O–H groups in total. The van der Waals surface area contributed by atoms with Gasteiger partial charge in [-0.2, -0.15) is 4.31 Å². The van der Waals surface area contributed by atoms with Gasteiger partial charge < -0.3 is 19.7 Å². The molecule has 9 heteroatoms. The molecule has 8 nitrogen and oxygen atoms in total. The first-order valence-corrected chi connectivity index (χ1v) is 12.0. The zero-order valence-corrected chi connectivity index (χ0v) is 19.8. The van der Waals surface area contributed by atoms with Crippen molar-refractivity contribution >= 4 is 21.6 Å². The smallest absolute Gasteiger partial charge is 0.243 e. The van der Waals surface area contributed by atoms with E-state index < -0.39 is 10.0 Å². The predicted molar refractivity (Wildman–Crippen MR) is 124 cm³/mol. The van der Waals surface area contributed by atoms with E-state index in [1.165, 1.54) is 50.7 Å².